The van der Waals surface area contributed by atoms with Crippen LogP contribution in [-0.2, 0) is 0 Å². The summed E-state index contributed by atoms with van der Waals surface area (Å²) in [7, 11) is 0. The fourth-order valence-corrected chi connectivity index (χ4v) is 4.80. The molecule has 1 nitrogen and oxygen atoms in total. The fourth-order valence-electron chi connectivity index (χ4n) is 3.14. The average molecular weight is 325 g/mol. The van der Waals surface area contributed by atoms with Crippen molar-refractivity contribution < 1.29 is 5.11 Å². The molecule has 0 aliphatic heterocycles. The minimum absolute atomic E-state index is 0.300. The number of thiophene rings is 1. The van der Waals surface area contributed by atoms with Gasteiger partial charge in [0.2, 0.25) is 0 Å². The lowest BCUT2D eigenvalue weighted by atomic mass is 9.88. The molecule has 96 valence electrons. The molecule has 0 spiro atoms. The molecule has 1 aromatic carbocycles. The number of rotatable bonds is 2. The van der Waals surface area contributed by atoms with Gasteiger partial charge in [0.1, 0.15) is 0 Å². The van der Waals surface area contributed by atoms with Crippen molar-refractivity contribution in [1.82, 2.24) is 0 Å². The molecule has 1 fully saturated rings. The lowest BCUT2D eigenvalue weighted by Crippen LogP contribution is -2.14. The van der Waals surface area contributed by atoms with Gasteiger partial charge in [0.25, 0.3) is 0 Å². The van der Waals surface area contributed by atoms with Crippen molar-refractivity contribution >= 4 is 37.4 Å². The zero-order valence-corrected chi connectivity index (χ0v) is 12.8. The van der Waals surface area contributed by atoms with E-state index in [2.05, 4.69) is 40.4 Å². The van der Waals surface area contributed by atoms with Crippen LogP contribution in [0.4, 0.5) is 0 Å². The van der Waals surface area contributed by atoms with Crippen molar-refractivity contribution in [2.75, 3.05) is 0 Å². The van der Waals surface area contributed by atoms with Gasteiger partial charge in [-0.2, -0.15) is 0 Å². The summed E-state index contributed by atoms with van der Waals surface area (Å²) in [6.45, 7) is 2.27. The molecule has 1 aliphatic carbocycles. The molecule has 0 bridgehead atoms. The monoisotopic (exact) mass is 324 g/mol. The molecule has 0 amide bonds. The third-order valence-electron chi connectivity index (χ3n) is 4.23. The van der Waals surface area contributed by atoms with Crippen molar-refractivity contribution in [2.45, 2.75) is 32.3 Å². The molecule has 3 rings (SSSR count). The van der Waals surface area contributed by atoms with Gasteiger partial charge in [-0.3, -0.25) is 0 Å². The molecule has 3 atom stereocenters. The fraction of sp³-hybridized carbons (Fsp3) is 0.467. The molecular weight excluding hydrogens is 308 g/mol. The van der Waals surface area contributed by atoms with Crippen molar-refractivity contribution in [1.29, 1.82) is 0 Å². The first-order valence-electron chi connectivity index (χ1n) is 6.52. The van der Waals surface area contributed by atoms with Gasteiger partial charge in [-0.15, -0.1) is 11.3 Å². The van der Waals surface area contributed by atoms with Gasteiger partial charge in [0.15, 0.2) is 0 Å². The van der Waals surface area contributed by atoms with E-state index in [1.807, 2.05) is 6.07 Å². The van der Waals surface area contributed by atoms with Crippen molar-refractivity contribution in [2.24, 2.45) is 11.8 Å². The van der Waals surface area contributed by atoms with Gasteiger partial charge in [0.05, 0.1) is 6.10 Å². The summed E-state index contributed by atoms with van der Waals surface area (Å²) in [4.78, 5) is 0. The quantitative estimate of drug-likeness (QED) is 0.811. The first-order valence-corrected chi connectivity index (χ1v) is 8.19. The smallest absolute Gasteiger partial charge is 0.0834 e. The van der Waals surface area contributed by atoms with E-state index in [0.29, 0.717) is 11.8 Å². The van der Waals surface area contributed by atoms with E-state index >= 15 is 0 Å². The van der Waals surface area contributed by atoms with Crippen LogP contribution in [0.1, 0.15) is 37.9 Å². The SMILES string of the molecule is CC1CCCC1C(O)c1csc2c(Br)cccc12. The Morgan fingerprint density at radius 3 is 2.94 bits per heavy atom. The zero-order valence-electron chi connectivity index (χ0n) is 10.4. The standard InChI is InChI=1S/C15H17BrOS/c1-9-4-2-5-10(9)14(17)12-8-18-15-11(12)6-3-7-13(15)16/h3,6-10,14,17H,2,4-5H2,1H3. The molecule has 1 aromatic heterocycles. The molecule has 1 aliphatic rings. The minimum atomic E-state index is -0.300. The summed E-state index contributed by atoms with van der Waals surface area (Å²) >= 11 is 5.31. The number of hydrogen-bond donors (Lipinski definition) is 1. The molecule has 0 radical (unpaired) electrons. The molecular formula is C15H17BrOS. The first kappa shape index (κ1) is 12.6. The summed E-state index contributed by atoms with van der Waals surface area (Å²) in [6, 6.07) is 6.23. The molecule has 18 heavy (non-hydrogen) atoms. The lowest BCUT2D eigenvalue weighted by molar-refractivity contribution is 0.0917. The number of aliphatic hydroxyl groups excluding tert-OH is 1. The van der Waals surface area contributed by atoms with Crippen molar-refractivity contribution in [3.8, 4) is 0 Å². The Balaban J connectivity index is 2.01. The van der Waals surface area contributed by atoms with Crippen molar-refractivity contribution in [3.63, 3.8) is 0 Å². The highest BCUT2D eigenvalue weighted by Gasteiger charge is 2.31. The van der Waals surface area contributed by atoms with E-state index in [4.69, 9.17) is 0 Å². The Morgan fingerprint density at radius 1 is 1.39 bits per heavy atom. The number of hydrogen-bond acceptors (Lipinski definition) is 2. The average Bonchev–Trinajstić information content (AvgIpc) is 2.95. The summed E-state index contributed by atoms with van der Waals surface area (Å²) in [5.74, 6) is 1.07. The van der Waals surface area contributed by atoms with Gasteiger partial charge in [0, 0.05) is 9.17 Å². The second kappa shape index (κ2) is 4.95. The Bertz CT molecular complexity index is 563. The van der Waals surface area contributed by atoms with Crippen LogP contribution in [0.3, 0.4) is 0 Å². The Hall–Kier alpha value is -0.380. The van der Waals surface area contributed by atoms with E-state index < -0.39 is 0 Å². The van der Waals surface area contributed by atoms with Crippen LogP contribution in [0.2, 0.25) is 0 Å². The van der Waals surface area contributed by atoms with E-state index in [-0.39, 0.29) is 6.10 Å². The predicted octanol–water partition coefficient (Wildman–Crippen LogP) is 5.13. The van der Waals surface area contributed by atoms with Crippen LogP contribution >= 0.6 is 27.3 Å². The Morgan fingerprint density at radius 2 is 2.22 bits per heavy atom. The summed E-state index contributed by atoms with van der Waals surface area (Å²) < 4.78 is 2.38. The van der Waals surface area contributed by atoms with Crippen LogP contribution in [0.25, 0.3) is 10.1 Å². The van der Waals surface area contributed by atoms with Gasteiger partial charge < -0.3 is 5.11 Å². The largest absolute Gasteiger partial charge is 0.388 e. The van der Waals surface area contributed by atoms with Crippen LogP contribution < -0.4 is 0 Å². The summed E-state index contributed by atoms with van der Waals surface area (Å²) in [6.07, 6.45) is 3.38. The normalized spacial score (nSPS) is 25.7. The second-order valence-corrected chi connectivity index (χ2v) is 7.06. The number of aliphatic hydroxyl groups is 1. The van der Waals surface area contributed by atoms with Crippen LogP contribution in [0, 0.1) is 11.8 Å². The zero-order chi connectivity index (χ0) is 12.7. The molecule has 1 heterocycles. The van der Waals surface area contributed by atoms with E-state index in [9.17, 15) is 5.11 Å². The first-order chi connectivity index (χ1) is 8.68. The maximum Gasteiger partial charge on any atom is 0.0834 e. The van der Waals surface area contributed by atoms with Gasteiger partial charge in [-0.05, 0) is 56.6 Å². The van der Waals surface area contributed by atoms with Gasteiger partial charge in [-0.25, -0.2) is 0 Å². The third kappa shape index (κ3) is 2.02. The topological polar surface area (TPSA) is 20.2 Å². The maximum absolute atomic E-state index is 10.7. The van der Waals surface area contributed by atoms with Crippen LogP contribution in [0.5, 0.6) is 0 Å². The Kier molecular flexibility index (Phi) is 3.48. The number of benzene rings is 1. The maximum atomic E-state index is 10.7. The van der Waals surface area contributed by atoms with Gasteiger partial charge in [-0.1, -0.05) is 31.9 Å². The lowest BCUT2D eigenvalue weighted by Gasteiger charge is -2.22. The van der Waals surface area contributed by atoms with Gasteiger partial charge >= 0.3 is 0 Å². The van der Waals surface area contributed by atoms with Crippen molar-refractivity contribution in [3.05, 3.63) is 33.6 Å². The molecule has 1 N–H and O–H groups in total. The highest BCUT2D eigenvalue weighted by molar-refractivity contribution is 9.10. The highest BCUT2D eigenvalue weighted by Crippen LogP contribution is 2.44. The molecule has 2 aromatic rings. The number of halogens is 1. The van der Waals surface area contributed by atoms with E-state index in [1.54, 1.807) is 11.3 Å². The second-order valence-electron chi connectivity index (χ2n) is 5.32. The third-order valence-corrected chi connectivity index (χ3v) is 6.20. The summed E-state index contributed by atoms with van der Waals surface area (Å²) in [5.41, 5.74) is 1.12. The summed E-state index contributed by atoms with van der Waals surface area (Å²) in [5, 5.41) is 14.0. The van der Waals surface area contributed by atoms with E-state index in [0.717, 1.165) is 16.5 Å². The number of fused-ring (bicyclic) bond motifs is 1. The Labute approximate surface area is 120 Å². The predicted molar refractivity (Wildman–Crippen MR) is 81.0 cm³/mol. The minimum Gasteiger partial charge on any atom is -0.388 e. The highest BCUT2D eigenvalue weighted by atomic mass is 79.9. The molecule has 0 saturated heterocycles. The van der Waals surface area contributed by atoms with Crippen LogP contribution in [0.15, 0.2) is 28.1 Å². The molecule has 3 unspecified atom stereocenters. The molecule has 1 saturated carbocycles. The van der Waals surface area contributed by atoms with E-state index in [1.165, 1.54) is 22.9 Å². The van der Waals surface area contributed by atoms with Crippen LogP contribution in [-0.4, -0.2) is 5.11 Å². The molecule has 3 heteroatoms.